The Morgan fingerprint density at radius 3 is 1.07 bits per heavy atom. The van der Waals surface area contributed by atoms with Crippen molar-refractivity contribution < 1.29 is 52.7 Å². The number of anilines is 2. The van der Waals surface area contributed by atoms with Crippen LogP contribution in [0.3, 0.4) is 0 Å². The highest BCUT2D eigenvalue weighted by atomic mass is 19.4. The second-order valence-corrected chi connectivity index (χ2v) is 15.4. The number of allylic oxidation sites excluding steroid dienone is 4. The lowest BCUT2D eigenvalue weighted by atomic mass is 9.85. The van der Waals surface area contributed by atoms with Crippen LogP contribution in [0, 0.1) is 21.6 Å². The summed E-state index contributed by atoms with van der Waals surface area (Å²) >= 11 is 0. The van der Waals surface area contributed by atoms with Crippen molar-refractivity contribution in [3.8, 4) is 0 Å². The zero-order valence-corrected chi connectivity index (χ0v) is 31.3. The molecule has 5 rings (SSSR count). The third-order valence-electron chi connectivity index (χ3n) is 9.18. The van der Waals surface area contributed by atoms with Crippen molar-refractivity contribution in [3.05, 3.63) is 106 Å². The average Bonchev–Trinajstić information content (AvgIpc) is 3.60. The summed E-state index contributed by atoms with van der Waals surface area (Å²) in [4.78, 5) is 8.48. The minimum Gasteiger partial charge on any atom is -0.302 e. The Balaban J connectivity index is 1.54. The lowest BCUT2D eigenvalue weighted by molar-refractivity contribution is -0.143. The topological polar surface area (TPSA) is 122 Å². The molecule has 2 unspecified atom stereocenters. The van der Waals surface area contributed by atoms with E-state index in [1.807, 2.05) is 10.9 Å². The van der Waals surface area contributed by atoms with Gasteiger partial charge in [0.05, 0.1) is 68.3 Å². The van der Waals surface area contributed by atoms with Crippen molar-refractivity contribution in [2.45, 2.75) is 78.1 Å². The van der Waals surface area contributed by atoms with Crippen molar-refractivity contribution in [1.29, 1.82) is 10.8 Å². The highest BCUT2D eigenvalue weighted by Gasteiger charge is 2.44. The van der Waals surface area contributed by atoms with Crippen molar-refractivity contribution >= 4 is 34.2 Å². The molecule has 0 spiro atoms. The maximum atomic E-state index is 13.9. The van der Waals surface area contributed by atoms with E-state index in [2.05, 4.69) is 20.2 Å². The predicted octanol–water partition coefficient (Wildman–Crippen LogP) is 11.7. The van der Waals surface area contributed by atoms with Crippen LogP contribution < -0.4 is 10.9 Å². The summed E-state index contributed by atoms with van der Waals surface area (Å²) in [5.74, 6) is -2.15. The molecule has 310 valence electrons. The van der Waals surface area contributed by atoms with Crippen molar-refractivity contribution in [2.75, 3.05) is 10.9 Å². The molecule has 2 aliphatic rings. The van der Waals surface area contributed by atoms with Gasteiger partial charge >= 0.3 is 24.7 Å². The monoisotopic (exact) mass is 830 g/mol. The molecule has 58 heavy (non-hydrogen) atoms. The summed E-state index contributed by atoms with van der Waals surface area (Å²) < 4.78 is 166. The number of alkyl halides is 12. The molecule has 2 atom stereocenters. The van der Waals surface area contributed by atoms with Gasteiger partial charge in [0, 0.05) is 0 Å². The molecule has 0 amide bonds. The van der Waals surface area contributed by atoms with E-state index in [0.29, 0.717) is 36.4 Å². The number of rotatable bonds is 6. The van der Waals surface area contributed by atoms with Crippen LogP contribution in [0.4, 0.5) is 64.1 Å². The van der Waals surface area contributed by atoms with Crippen molar-refractivity contribution in [3.63, 3.8) is 0 Å². The molecule has 4 N–H and O–H groups in total. The van der Waals surface area contributed by atoms with E-state index in [9.17, 15) is 52.7 Å². The summed E-state index contributed by atoms with van der Waals surface area (Å²) in [6, 6.07) is 4.41. The quantitative estimate of drug-likeness (QED) is 0.146. The average molecular weight is 831 g/mol. The molecule has 0 saturated carbocycles. The van der Waals surface area contributed by atoms with Crippen LogP contribution in [-0.4, -0.2) is 32.8 Å². The van der Waals surface area contributed by atoms with Crippen LogP contribution in [0.15, 0.2) is 82.3 Å². The minimum absolute atomic E-state index is 0.101. The molecule has 0 saturated heterocycles. The summed E-state index contributed by atoms with van der Waals surface area (Å²) in [6.45, 7) is 10.1. The first-order valence-electron chi connectivity index (χ1n) is 17.1. The Morgan fingerprint density at radius 1 is 0.517 bits per heavy atom. The largest absolute Gasteiger partial charge is 0.418 e. The number of nitrogens with zero attached hydrogens (tertiary/aromatic N) is 4. The summed E-state index contributed by atoms with van der Waals surface area (Å²) in [5, 5.41) is 25.8. The fraction of sp³-hybridized carbons (Fsp3) is 0.368. The van der Waals surface area contributed by atoms with Crippen LogP contribution in [0.2, 0.25) is 0 Å². The normalized spacial score (nSPS) is 19.9. The summed E-state index contributed by atoms with van der Waals surface area (Å²) in [6.07, 6.45) is -16.7. The zero-order chi connectivity index (χ0) is 43.6. The van der Waals surface area contributed by atoms with E-state index >= 15 is 0 Å². The van der Waals surface area contributed by atoms with E-state index in [1.54, 1.807) is 41.5 Å². The number of nitrogens with one attached hydrogen (secondary N) is 4. The van der Waals surface area contributed by atoms with Gasteiger partial charge in [-0.1, -0.05) is 65.8 Å². The van der Waals surface area contributed by atoms with Crippen LogP contribution in [0.25, 0.3) is 0 Å². The Kier molecular flexibility index (Phi) is 11.0. The number of hydrogen-bond acceptors (Lipinski definition) is 8. The van der Waals surface area contributed by atoms with Crippen molar-refractivity contribution in [1.82, 2.24) is 9.97 Å². The summed E-state index contributed by atoms with van der Waals surface area (Å²) in [7, 11) is 0. The highest BCUT2D eigenvalue weighted by Crippen LogP contribution is 2.46. The maximum absolute atomic E-state index is 13.9. The zero-order valence-electron chi connectivity index (χ0n) is 31.3. The van der Waals surface area contributed by atoms with Crippen LogP contribution >= 0.6 is 0 Å². The molecule has 2 aliphatic carbocycles. The Hall–Kier alpha value is -5.56. The maximum Gasteiger partial charge on any atom is 0.418 e. The first-order chi connectivity index (χ1) is 26.4. The molecule has 2 aromatic carbocycles. The lowest BCUT2D eigenvalue weighted by Crippen LogP contribution is -2.24. The Bertz CT molecular complexity index is 2040. The SMILES string of the molecule is CC(C)(C)C1=CC(c2cc(C3C=C(C(C)(C)C)C(=NNc4c(C(F)(F)F)cccc4C(F)(F)F)C3=N)ncn2)C(=N)C1=NNc1c(C(F)(F)F)cccc1C(F)(F)F. The van der Waals surface area contributed by atoms with Gasteiger partial charge in [-0.25, -0.2) is 9.97 Å². The van der Waals surface area contributed by atoms with Gasteiger partial charge in [0.15, 0.2) is 0 Å². The third kappa shape index (κ3) is 8.79. The fourth-order valence-corrected chi connectivity index (χ4v) is 6.40. The van der Waals surface area contributed by atoms with Crippen LogP contribution in [0.1, 0.15) is 87.0 Å². The van der Waals surface area contributed by atoms with Gasteiger partial charge in [0.2, 0.25) is 0 Å². The molecule has 0 bridgehead atoms. The fourth-order valence-electron chi connectivity index (χ4n) is 6.40. The molecule has 1 aromatic heterocycles. The highest BCUT2D eigenvalue weighted by molar-refractivity contribution is 6.52. The van der Waals surface area contributed by atoms with Gasteiger partial charge in [0.25, 0.3) is 0 Å². The second-order valence-electron chi connectivity index (χ2n) is 15.4. The van der Waals surface area contributed by atoms with Gasteiger partial charge in [0.1, 0.15) is 17.8 Å². The third-order valence-corrected chi connectivity index (χ3v) is 9.18. The molecule has 8 nitrogen and oxygen atoms in total. The first-order valence-corrected chi connectivity index (χ1v) is 17.1. The number of para-hydroxylation sites is 2. The predicted molar refractivity (Wildman–Crippen MR) is 193 cm³/mol. The molecular formula is C38H34F12N8. The van der Waals surface area contributed by atoms with Crippen molar-refractivity contribution in [2.24, 2.45) is 21.0 Å². The lowest BCUT2D eigenvalue weighted by Gasteiger charge is -2.22. The molecule has 20 heteroatoms. The molecule has 1 heterocycles. The van der Waals surface area contributed by atoms with Gasteiger partial charge in [-0.2, -0.15) is 62.9 Å². The van der Waals surface area contributed by atoms with E-state index < -0.39 is 81.0 Å². The molecular weight excluding hydrogens is 796 g/mol. The number of hydrazone groups is 2. The Labute approximate surface area is 323 Å². The Morgan fingerprint density at radius 2 is 0.810 bits per heavy atom. The smallest absolute Gasteiger partial charge is 0.302 e. The standard InChI is InChI=1S/C38H34F12N8/c1-33(2,3)23-13-17(27(51)31(23)57-55-29-19(35(39,40)41)9-7-10-20(29)36(42,43)44)25-15-26(54-16-53-25)18-14-24(34(4,5)6)32(28(18)52)58-56-30-21(37(45,46)47)11-8-12-22(30)38(48,49)50/h7-18,51-52,55-56H,1-6H3. The van der Waals surface area contributed by atoms with Gasteiger partial charge in [-0.3, -0.25) is 10.9 Å². The van der Waals surface area contributed by atoms with E-state index in [-0.39, 0.29) is 45.4 Å². The van der Waals surface area contributed by atoms with Gasteiger partial charge < -0.3 is 10.8 Å². The van der Waals surface area contributed by atoms with Gasteiger partial charge in [-0.15, -0.1) is 0 Å². The molecule has 0 fully saturated rings. The van der Waals surface area contributed by atoms with E-state index in [0.717, 1.165) is 6.33 Å². The van der Waals surface area contributed by atoms with Crippen LogP contribution in [-0.2, 0) is 24.7 Å². The molecule has 0 radical (unpaired) electrons. The second kappa shape index (κ2) is 14.7. The first kappa shape index (κ1) is 43.6. The summed E-state index contributed by atoms with van der Waals surface area (Å²) in [5.41, 5.74) is -7.64. The number of halogens is 12. The number of aromatic nitrogens is 2. The number of hydrogen-bond donors (Lipinski definition) is 4. The van der Waals surface area contributed by atoms with Crippen LogP contribution in [0.5, 0.6) is 0 Å². The molecule has 3 aromatic rings. The van der Waals surface area contributed by atoms with E-state index in [1.165, 1.54) is 18.2 Å². The number of benzene rings is 2. The molecule has 0 aliphatic heterocycles. The van der Waals surface area contributed by atoms with Gasteiger partial charge in [-0.05, 0) is 52.3 Å². The van der Waals surface area contributed by atoms with E-state index in [4.69, 9.17) is 10.8 Å². The minimum atomic E-state index is -5.20.